The average molecular weight is 893 g/mol. The lowest BCUT2D eigenvalue weighted by Gasteiger charge is -2.45. The lowest BCUT2D eigenvalue weighted by molar-refractivity contribution is 0.0745. The van der Waals surface area contributed by atoms with Gasteiger partial charge in [0.15, 0.2) is 0 Å². The van der Waals surface area contributed by atoms with E-state index in [4.69, 9.17) is 6.57 Å². The average Bonchev–Trinajstić information content (AvgIpc) is 3.96. The van der Waals surface area contributed by atoms with Crippen molar-refractivity contribution in [2.75, 3.05) is 0 Å². The Hall–Kier alpha value is -1.54. The maximum absolute atomic E-state index is 9.75. The third-order valence-corrected chi connectivity index (χ3v) is 24.8. The van der Waals surface area contributed by atoms with Crippen molar-refractivity contribution in [2.24, 2.45) is 124 Å². The maximum atomic E-state index is 9.75. The van der Waals surface area contributed by atoms with Crippen molar-refractivity contribution < 1.29 is 0 Å². The van der Waals surface area contributed by atoms with Gasteiger partial charge in [-0.05, 0) is 272 Å². The molecule has 0 aromatic rings. The molecular weight excluding hydrogens is 797 g/mol. The summed E-state index contributed by atoms with van der Waals surface area (Å²) in [6.07, 6.45) is 58.7. The molecule has 12 aliphatic rings. The molecule has 0 amide bonds. The minimum Gasteiger partial charge on any atom is -0.314 e. The highest BCUT2D eigenvalue weighted by Crippen LogP contribution is 2.68. The van der Waals surface area contributed by atoms with Crippen molar-refractivity contribution in [3.63, 3.8) is 0 Å². The zero-order valence-electron chi connectivity index (χ0n) is 42.2. The van der Waals surface area contributed by atoms with Crippen molar-refractivity contribution in [2.45, 2.75) is 237 Å². The smallest absolute Gasteiger partial charge is 0.223 e. The number of nitrogens with zero attached hydrogens (tertiary/aromatic N) is 2. The molecule has 66 heavy (non-hydrogen) atoms. The topological polar surface area (TPSA) is 28.1 Å². The van der Waals surface area contributed by atoms with E-state index in [-0.39, 0.29) is 0 Å². The summed E-state index contributed by atoms with van der Waals surface area (Å²) < 4.78 is 0. The molecule has 10 unspecified atom stereocenters. The second kappa shape index (κ2) is 20.3. The molecule has 12 aliphatic carbocycles. The molecule has 12 fully saturated rings. The summed E-state index contributed by atoms with van der Waals surface area (Å²) >= 11 is 0. The van der Waals surface area contributed by atoms with E-state index in [9.17, 15) is 5.26 Å². The molecule has 0 N–H and O–H groups in total. The van der Waals surface area contributed by atoms with Gasteiger partial charge in [0.25, 0.3) is 0 Å². The molecule has 0 aromatic carbocycles. The molecule has 2 heteroatoms. The summed E-state index contributed by atoms with van der Waals surface area (Å²) in [5.41, 5.74) is 3.92. The summed E-state index contributed by atoms with van der Waals surface area (Å²) in [6.45, 7) is 7.74. The van der Waals surface area contributed by atoms with Crippen LogP contribution in [0.5, 0.6) is 0 Å². The standard InChI is InChI=1S/C64H96N2/c1-66-56-30-28-49(29-31-56)62(60-15-7-11-47-9-3-5-13-58(47)60)33-42-18-24-45(25-19-42)51-36-54-38-52-34-50(35-53-39-55(37-51)64(54)63(52)53)44-22-16-41(17-23-44)32-61(48-26-20-43(40-65)21-27-48)59-14-6-10-46-8-2-4-12-57(46)59/h32-33,41-60,63-64H,2-31,34-39H2/b61-32+,62-33+. The Morgan fingerprint density at radius 2 is 0.773 bits per heavy atom. The van der Waals surface area contributed by atoms with Crippen LogP contribution in [0.1, 0.15) is 231 Å². The van der Waals surface area contributed by atoms with Crippen LogP contribution in [0, 0.1) is 142 Å². The van der Waals surface area contributed by atoms with Crippen LogP contribution < -0.4 is 0 Å². The molecule has 2 nitrogen and oxygen atoms in total. The van der Waals surface area contributed by atoms with Gasteiger partial charge in [-0.15, -0.1) is 0 Å². The van der Waals surface area contributed by atoms with Gasteiger partial charge in [0.1, 0.15) is 0 Å². The molecular formula is C64H96N2. The molecule has 12 rings (SSSR count). The Morgan fingerprint density at radius 1 is 0.379 bits per heavy atom. The first kappa shape index (κ1) is 45.6. The van der Waals surface area contributed by atoms with E-state index in [2.05, 4.69) is 23.1 Å². The van der Waals surface area contributed by atoms with E-state index in [1.165, 1.54) is 180 Å². The SMILES string of the molecule is [C-]#[N+]C1CCC(/C(=C\C2CCC(C3CC4CC5CC(C6CCC(/C=C(\C7CCC(C#N)CC7)C7CCCC8CCCCC87)CC6)CC6CC(C3)C4C56)CC2)C2CCCC3CCCCC32)CC1. The Kier molecular flexibility index (Phi) is 14.0. The van der Waals surface area contributed by atoms with Gasteiger partial charge in [-0.2, -0.15) is 5.26 Å². The van der Waals surface area contributed by atoms with Crippen LogP contribution in [0.4, 0.5) is 0 Å². The van der Waals surface area contributed by atoms with E-state index in [1.807, 2.05) is 11.1 Å². The number of fused-ring (bicyclic) bond motifs is 2. The highest BCUT2D eigenvalue weighted by Gasteiger charge is 2.60. The predicted molar refractivity (Wildman–Crippen MR) is 272 cm³/mol. The quantitative estimate of drug-likeness (QED) is 0.176. The summed E-state index contributed by atoms with van der Waals surface area (Å²) in [7, 11) is 0. The van der Waals surface area contributed by atoms with E-state index < -0.39 is 0 Å². The van der Waals surface area contributed by atoms with E-state index in [0.717, 1.165) is 131 Å². The van der Waals surface area contributed by atoms with Crippen LogP contribution >= 0.6 is 0 Å². The van der Waals surface area contributed by atoms with Gasteiger partial charge >= 0.3 is 0 Å². The normalized spacial score (nSPS) is 50.8. The molecule has 0 saturated heterocycles. The molecule has 0 spiro atoms. The number of hydrogen-bond donors (Lipinski definition) is 0. The molecule has 10 atom stereocenters. The van der Waals surface area contributed by atoms with Crippen molar-refractivity contribution in [3.05, 3.63) is 34.7 Å². The Balaban J connectivity index is 0.660. The van der Waals surface area contributed by atoms with Gasteiger partial charge in [-0.25, -0.2) is 6.57 Å². The third-order valence-electron chi connectivity index (χ3n) is 24.8. The number of nitriles is 1. The molecule has 12 saturated carbocycles. The fourth-order valence-electron chi connectivity index (χ4n) is 22.0. The first-order valence-electron chi connectivity index (χ1n) is 30.8. The lowest BCUT2D eigenvalue weighted by atomic mass is 9.60. The highest BCUT2D eigenvalue weighted by molar-refractivity contribution is 5.20. The summed E-state index contributed by atoms with van der Waals surface area (Å²) in [5, 5.41) is 9.75. The van der Waals surface area contributed by atoms with Crippen molar-refractivity contribution >= 4 is 0 Å². The molecule has 0 bridgehead atoms. The zero-order chi connectivity index (χ0) is 44.1. The maximum Gasteiger partial charge on any atom is 0.223 e. The second-order valence-corrected chi connectivity index (χ2v) is 27.6. The Labute approximate surface area is 405 Å². The van der Waals surface area contributed by atoms with Crippen LogP contribution in [0.3, 0.4) is 0 Å². The van der Waals surface area contributed by atoms with Crippen LogP contribution in [0.2, 0.25) is 0 Å². The first-order chi connectivity index (χ1) is 32.6. The molecule has 0 radical (unpaired) electrons. The monoisotopic (exact) mass is 893 g/mol. The van der Waals surface area contributed by atoms with Gasteiger partial charge in [0.2, 0.25) is 6.04 Å². The summed E-state index contributed by atoms with van der Waals surface area (Å²) in [5.74, 6) is 20.1. The minimum atomic E-state index is 0.312. The summed E-state index contributed by atoms with van der Waals surface area (Å²) in [4.78, 5) is 4.03. The zero-order valence-corrected chi connectivity index (χ0v) is 42.2. The van der Waals surface area contributed by atoms with Gasteiger partial charge in [0.05, 0.1) is 6.07 Å². The molecule has 362 valence electrons. The fraction of sp³-hybridized carbons (Fsp3) is 0.906. The Bertz CT molecular complexity index is 1620. The van der Waals surface area contributed by atoms with Crippen LogP contribution in [-0.2, 0) is 0 Å². The number of rotatable bonds is 8. The Morgan fingerprint density at radius 3 is 1.20 bits per heavy atom. The van der Waals surface area contributed by atoms with Crippen molar-refractivity contribution in [1.82, 2.24) is 0 Å². The second-order valence-electron chi connectivity index (χ2n) is 27.6. The van der Waals surface area contributed by atoms with E-state index >= 15 is 0 Å². The van der Waals surface area contributed by atoms with Gasteiger partial charge in [-0.1, -0.05) is 87.5 Å². The fourth-order valence-corrected chi connectivity index (χ4v) is 22.0. The largest absolute Gasteiger partial charge is 0.314 e. The highest BCUT2D eigenvalue weighted by atomic mass is 14.7. The minimum absolute atomic E-state index is 0.312. The van der Waals surface area contributed by atoms with Crippen molar-refractivity contribution in [1.29, 1.82) is 5.26 Å². The van der Waals surface area contributed by atoms with Gasteiger partial charge in [0, 0.05) is 18.8 Å². The first-order valence-corrected chi connectivity index (χ1v) is 30.8. The van der Waals surface area contributed by atoms with Gasteiger partial charge in [-0.3, -0.25) is 0 Å². The van der Waals surface area contributed by atoms with Crippen LogP contribution in [0.15, 0.2) is 23.3 Å². The summed E-state index contributed by atoms with van der Waals surface area (Å²) in [6, 6.07) is 2.97. The van der Waals surface area contributed by atoms with E-state index in [0.29, 0.717) is 12.0 Å². The van der Waals surface area contributed by atoms with Crippen LogP contribution in [-0.4, -0.2) is 6.04 Å². The number of hydrogen-bond acceptors (Lipinski definition) is 1. The van der Waals surface area contributed by atoms with Crippen LogP contribution in [0.25, 0.3) is 4.85 Å². The lowest BCUT2D eigenvalue weighted by Crippen LogP contribution is -2.35. The van der Waals surface area contributed by atoms with E-state index in [1.54, 1.807) is 38.5 Å². The molecule has 0 aromatic heterocycles. The number of allylic oxidation sites excluding steroid dienone is 4. The molecule has 0 aliphatic heterocycles. The van der Waals surface area contributed by atoms with Gasteiger partial charge < -0.3 is 4.85 Å². The molecule has 0 heterocycles. The van der Waals surface area contributed by atoms with Crippen molar-refractivity contribution in [3.8, 4) is 6.07 Å². The predicted octanol–water partition coefficient (Wildman–Crippen LogP) is 17.8. The third kappa shape index (κ3) is 9.16.